The fourth-order valence-corrected chi connectivity index (χ4v) is 2.81. The largest absolute Gasteiger partial charge is 0.375 e. The van der Waals surface area contributed by atoms with Gasteiger partial charge in [-0.05, 0) is 12.0 Å². The Balaban J connectivity index is 1.53. The van der Waals surface area contributed by atoms with Gasteiger partial charge in [-0.1, -0.05) is 30.3 Å². The lowest BCUT2D eigenvalue weighted by molar-refractivity contribution is -0.131. The van der Waals surface area contributed by atoms with Gasteiger partial charge < -0.3 is 9.64 Å². The Morgan fingerprint density at radius 2 is 1.92 bits per heavy atom. The zero-order valence-corrected chi connectivity index (χ0v) is 13.2. The molecule has 1 amide bonds. The third-order valence-electron chi connectivity index (χ3n) is 4.07. The Labute approximate surface area is 138 Å². The molecule has 1 aliphatic rings. The quantitative estimate of drug-likeness (QED) is 0.784. The van der Waals surface area contributed by atoms with Crippen molar-refractivity contribution in [2.24, 2.45) is 0 Å². The number of aromatic nitrogens is 2. The molecule has 1 unspecified atom stereocenters. The van der Waals surface area contributed by atoms with E-state index in [0.29, 0.717) is 32.7 Å². The molecule has 0 saturated carbocycles. The van der Waals surface area contributed by atoms with Gasteiger partial charge in [-0.15, -0.1) is 0 Å². The Morgan fingerprint density at radius 3 is 2.67 bits per heavy atom. The van der Waals surface area contributed by atoms with E-state index in [1.165, 1.54) is 16.8 Å². The Hall–Kier alpha value is -2.67. The van der Waals surface area contributed by atoms with E-state index in [0.717, 1.165) is 5.56 Å². The molecule has 1 N–H and O–H groups in total. The number of H-pyrrole nitrogens is 1. The molecule has 3 rings (SSSR count). The number of hydrogen-bond donors (Lipinski definition) is 1. The summed E-state index contributed by atoms with van der Waals surface area (Å²) in [7, 11) is 0. The predicted molar refractivity (Wildman–Crippen MR) is 87.7 cm³/mol. The summed E-state index contributed by atoms with van der Waals surface area (Å²) in [5, 5.41) is 0. The minimum atomic E-state index is -0.553. The van der Waals surface area contributed by atoms with Gasteiger partial charge in [0, 0.05) is 25.4 Å². The number of benzene rings is 1. The van der Waals surface area contributed by atoms with Gasteiger partial charge in [-0.25, -0.2) is 4.79 Å². The molecule has 1 aromatic carbocycles. The number of carbonyl (C=O) groups is 1. The molecule has 0 spiro atoms. The predicted octanol–water partition coefficient (Wildman–Crippen LogP) is 0.527. The van der Waals surface area contributed by atoms with E-state index in [1.54, 1.807) is 4.90 Å². The summed E-state index contributed by atoms with van der Waals surface area (Å²) in [6, 6.07) is 10.5. The van der Waals surface area contributed by atoms with Crippen molar-refractivity contribution in [3.05, 3.63) is 69.0 Å². The van der Waals surface area contributed by atoms with Crippen molar-refractivity contribution in [1.82, 2.24) is 14.5 Å². The van der Waals surface area contributed by atoms with Crippen LogP contribution in [0.15, 0.2) is 52.2 Å². The Morgan fingerprint density at radius 1 is 1.12 bits per heavy atom. The average Bonchev–Trinajstić information content (AvgIpc) is 2.93. The minimum Gasteiger partial charge on any atom is -0.375 e. The van der Waals surface area contributed by atoms with Crippen molar-refractivity contribution in [3.63, 3.8) is 0 Å². The number of rotatable bonds is 6. The van der Waals surface area contributed by atoms with Gasteiger partial charge in [0.05, 0.1) is 13.2 Å². The van der Waals surface area contributed by atoms with Gasteiger partial charge in [0.15, 0.2) is 0 Å². The zero-order valence-electron chi connectivity index (χ0n) is 13.2. The zero-order chi connectivity index (χ0) is 16.9. The lowest BCUT2D eigenvalue weighted by atomic mass is 10.2. The summed E-state index contributed by atoms with van der Waals surface area (Å²) in [6.45, 7) is 2.00. The molecule has 1 saturated heterocycles. The highest BCUT2D eigenvalue weighted by Gasteiger charge is 2.33. The first-order chi connectivity index (χ1) is 11.6. The maximum absolute atomic E-state index is 12.4. The number of likely N-dealkylation sites (tertiary alicyclic amines) is 1. The van der Waals surface area contributed by atoms with Gasteiger partial charge in [0.1, 0.15) is 6.04 Å². The molecule has 1 atom stereocenters. The van der Waals surface area contributed by atoms with Crippen molar-refractivity contribution < 1.29 is 9.53 Å². The molecule has 2 heterocycles. The summed E-state index contributed by atoms with van der Waals surface area (Å²) >= 11 is 0. The van der Waals surface area contributed by atoms with Crippen LogP contribution in [0.25, 0.3) is 0 Å². The molecule has 24 heavy (non-hydrogen) atoms. The second-order valence-electron chi connectivity index (χ2n) is 5.69. The monoisotopic (exact) mass is 329 g/mol. The van der Waals surface area contributed by atoms with Crippen LogP contribution >= 0.6 is 0 Å². The molecule has 2 aromatic rings. The summed E-state index contributed by atoms with van der Waals surface area (Å²) < 4.78 is 6.89. The summed E-state index contributed by atoms with van der Waals surface area (Å²) in [5.74, 6) is -0.118. The second-order valence-corrected chi connectivity index (χ2v) is 5.69. The van der Waals surface area contributed by atoms with Crippen LogP contribution in [0.3, 0.4) is 0 Å². The molecule has 7 heteroatoms. The third-order valence-corrected chi connectivity index (χ3v) is 4.07. The Bertz CT molecular complexity index is 812. The maximum Gasteiger partial charge on any atom is 0.329 e. The first kappa shape index (κ1) is 16.2. The summed E-state index contributed by atoms with van der Waals surface area (Å²) in [6.07, 6.45) is 1.92. The molecule has 0 radical (unpaired) electrons. The van der Waals surface area contributed by atoms with E-state index in [-0.39, 0.29) is 5.91 Å². The van der Waals surface area contributed by atoms with Gasteiger partial charge >= 0.3 is 5.69 Å². The second kappa shape index (κ2) is 7.27. The van der Waals surface area contributed by atoms with Crippen molar-refractivity contribution in [3.8, 4) is 0 Å². The fourth-order valence-electron chi connectivity index (χ4n) is 2.81. The van der Waals surface area contributed by atoms with E-state index in [4.69, 9.17) is 4.74 Å². The average molecular weight is 329 g/mol. The van der Waals surface area contributed by atoms with E-state index in [9.17, 15) is 14.4 Å². The van der Waals surface area contributed by atoms with Crippen LogP contribution in [0.1, 0.15) is 18.0 Å². The number of hydrogen-bond acceptors (Lipinski definition) is 4. The topological polar surface area (TPSA) is 84.4 Å². The Kier molecular flexibility index (Phi) is 4.90. The number of ether oxygens (including phenoxy) is 1. The van der Waals surface area contributed by atoms with Crippen LogP contribution in [0, 0.1) is 0 Å². The van der Waals surface area contributed by atoms with E-state index in [2.05, 4.69) is 4.98 Å². The lowest BCUT2D eigenvalue weighted by Crippen LogP contribution is -2.36. The summed E-state index contributed by atoms with van der Waals surface area (Å²) in [5.41, 5.74) is 0.0683. The smallest absolute Gasteiger partial charge is 0.329 e. The molecular weight excluding hydrogens is 310 g/mol. The normalized spacial score (nSPS) is 17.4. The molecule has 7 nitrogen and oxygen atoms in total. The van der Waals surface area contributed by atoms with Crippen molar-refractivity contribution >= 4 is 5.91 Å². The highest BCUT2D eigenvalue weighted by Crippen LogP contribution is 2.21. The van der Waals surface area contributed by atoms with Gasteiger partial charge in [0.2, 0.25) is 5.91 Å². The number of nitrogens with one attached hydrogen (secondary N) is 1. The first-order valence-electron chi connectivity index (χ1n) is 7.87. The highest BCUT2D eigenvalue weighted by atomic mass is 16.5. The van der Waals surface area contributed by atoms with Gasteiger partial charge in [0.25, 0.3) is 5.56 Å². The molecular formula is C17H19N3O4. The number of nitrogens with zero attached hydrogens (tertiary/aromatic N) is 2. The van der Waals surface area contributed by atoms with Crippen LogP contribution in [-0.4, -0.2) is 40.1 Å². The lowest BCUT2D eigenvalue weighted by Gasteiger charge is -2.17. The fraction of sp³-hybridized carbons (Fsp3) is 0.353. The van der Waals surface area contributed by atoms with E-state index < -0.39 is 17.3 Å². The van der Waals surface area contributed by atoms with Crippen molar-refractivity contribution in [1.29, 1.82) is 0 Å². The molecule has 1 aromatic heterocycles. The third kappa shape index (κ3) is 3.62. The van der Waals surface area contributed by atoms with Crippen LogP contribution in [0.2, 0.25) is 0 Å². The molecule has 126 valence electrons. The number of aromatic amines is 1. The van der Waals surface area contributed by atoms with Crippen LogP contribution < -0.4 is 11.2 Å². The minimum absolute atomic E-state index is 0.118. The maximum atomic E-state index is 12.4. The highest BCUT2D eigenvalue weighted by molar-refractivity contribution is 5.82. The van der Waals surface area contributed by atoms with Crippen LogP contribution in [0.5, 0.6) is 0 Å². The van der Waals surface area contributed by atoms with Gasteiger partial charge in [-0.2, -0.15) is 0 Å². The SMILES string of the molecule is O=C1C(n2ccc(=O)[nH]c2=O)CCN1CCOCc1ccccc1. The molecule has 0 aliphatic carbocycles. The van der Waals surface area contributed by atoms with E-state index in [1.807, 2.05) is 30.3 Å². The standard InChI is InChI=1S/C17H19N3O4/c21-15-7-9-20(17(23)18-15)14-6-8-19(16(14)22)10-11-24-12-13-4-2-1-3-5-13/h1-5,7,9,14H,6,8,10-12H2,(H,18,21,23). The van der Waals surface area contributed by atoms with E-state index >= 15 is 0 Å². The number of amides is 1. The first-order valence-corrected chi connectivity index (χ1v) is 7.87. The molecule has 0 bridgehead atoms. The van der Waals surface area contributed by atoms with Crippen LogP contribution in [0.4, 0.5) is 0 Å². The summed E-state index contributed by atoms with van der Waals surface area (Å²) in [4.78, 5) is 39.2. The van der Waals surface area contributed by atoms with Crippen LogP contribution in [-0.2, 0) is 16.1 Å². The van der Waals surface area contributed by atoms with Gasteiger partial charge in [-0.3, -0.25) is 19.1 Å². The molecule has 1 fully saturated rings. The van der Waals surface area contributed by atoms with Crippen molar-refractivity contribution in [2.75, 3.05) is 19.7 Å². The van der Waals surface area contributed by atoms with Crippen molar-refractivity contribution in [2.45, 2.75) is 19.1 Å². The number of carbonyl (C=O) groups excluding carboxylic acids is 1. The molecule has 1 aliphatic heterocycles.